The van der Waals surface area contributed by atoms with Gasteiger partial charge in [0.15, 0.2) is 0 Å². The van der Waals surface area contributed by atoms with Gasteiger partial charge in [-0.1, -0.05) is 18.6 Å². The summed E-state index contributed by atoms with van der Waals surface area (Å²) in [5, 5.41) is 10.7. The largest absolute Gasteiger partial charge is 0.352 e. The van der Waals surface area contributed by atoms with Crippen LogP contribution in [0.2, 0.25) is 0 Å². The summed E-state index contributed by atoms with van der Waals surface area (Å²) in [5.74, 6) is -0.0422. The van der Waals surface area contributed by atoms with Crippen molar-refractivity contribution in [3.63, 3.8) is 0 Å². The van der Waals surface area contributed by atoms with Gasteiger partial charge in [-0.2, -0.15) is 0 Å². The Morgan fingerprint density at radius 1 is 1.59 bits per heavy atom. The fraction of sp³-hybridized carbons (Fsp3) is 0.727. The second-order valence-corrected chi connectivity index (χ2v) is 4.27. The Morgan fingerprint density at radius 3 is 2.82 bits per heavy atom. The van der Waals surface area contributed by atoms with Gasteiger partial charge in [-0.3, -0.25) is 4.79 Å². The molecule has 0 saturated heterocycles. The minimum absolute atomic E-state index is 0.0422. The maximum atomic E-state index is 11.9. The van der Waals surface area contributed by atoms with Gasteiger partial charge in [-0.05, 0) is 20.3 Å². The summed E-state index contributed by atoms with van der Waals surface area (Å²) in [4.78, 5) is 11.9. The number of hydrogen-bond donors (Lipinski definition) is 2. The maximum Gasteiger partial charge on any atom is 0.244 e. The molecule has 2 atom stereocenters. The Bertz CT molecular complexity index is 362. The van der Waals surface area contributed by atoms with E-state index >= 15 is 0 Å². The normalized spacial score (nSPS) is 14.4. The molecule has 0 aromatic carbocycles. The van der Waals surface area contributed by atoms with Crippen LogP contribution in [-0.4, -0.2) is 26.9 Å². The third-order valence-corrected chi connectivity index (χ3v) is 2.65. The van der Waals surface area contributed by atoms with Gasteiger partial charge in [0, 0.05) is 12.6 Å². The predicted molar refractivity (Wildman–Crippen MR) is 65.1 cm³/mol. The van der Waals surface area contributed by atoms with Crippen molar-refractivity contribution in [3.05, 3.63) is 11.9 Å². The Labute approximate surface area is 102 Å². The number of nitrogens with two attached hydrogens (primary N) is 1. The van der Waals surface area contributed by atoms with E-state index in [0.717, 1.165) is 12.8 Å². The molecule has 1 amide bonds. The zero-order valence-corrected chi connectivity index (χ0v) is 10.7. The summed E-state index contributed by atoms with van der Waals surface area (Å²) >= 11 is 0. The highest BCUT2D eigenvalue weighted by molar-refractivity contribution is 5.79. The molecule has 1 aromatic heterocycles. The third-order valence-electron chi connectivity index (χ3n) is 2.65. The van der Waals surface area contributed by atoms with Gasteiger partial charge >= 0.3 is 0 Å². The number of carbonyl (C=O) groups excluding carboxylic acids is 1. The van der Waals surface area contributed by atoms with Crippen LogP contribution in [0, 0.1) is 0 Å². The molecule has 0 bridgehead atoms. The molecule has 0 aliphatic heterocycles. The van der Waals surface area contributed by atoms with Crippen molar-refractivity contribution in [2.75, 3.05) is 0 Å². The smallest absolute Gasteiger partial charge is 0.244 e. The SMILES string of the molecule is CCCC(C)NC(=O)C(C)n1cc(CN)nn1. The Morgan fingerprint density at radius 2 is 2.29 bits per heavy atom. The summed E-state index contributed by atoms with van der Waals surface area (Å²) in [7, 11) is 0. The molecule has 0 aliphatic rings. The van der Waals surface area contributed by atoms with Crippen molar-refractivity contribution in [1.82, 2.24) is 20.3 Å². The summed E-state index contributed by atoms with van der Waals surface area (Å²) in [5.41, 5.74) is 6.13. The standard InChI is InChI=1S/C11H21N5O/c1-4-5-8(2)13-11(17)9(3)16-7-10(6-12)14-15-16/h7-9H,4-6,12H2,1-3H3,(H,13,17). The summed E-state index contributed by atoms with van der Waals surface area (Å²) in [6, 6.07) is -0.172. The van der Waals surface area contributed by atoms with Gasteiger partial charge in [-0.15, -0.1) is 5.10 Å². The van der Waals surface area contributed by atoms with E-state index in [1.807, 2.05) is 6.92 Å². The van der Waals surface area contributed by atoms with Crippen LogP contribution < -0.4 is 11.1 Å². The van der Waals surface area contributed by atoms with Crippen molar-refractivity contribution in [2.45, 2.75) is 52.2 Å². The van der Waals surface area contributed by atoms with Crippen molar-refractivity contribution in [3.8, 4) is 0 Å². The number of nitrogens with zero attached hydrogens (tertiary/aromatic N) is 3. The van der Waals surface area contributed by atoms with Crippen LogP contribution >= 0.6 is 0 Å². The highest BCUT2D eigenvalue weighted by atomic mass is 16.2. The Kier molecular flexibility index (Phi) is 5.09. The molecule has 0 radical (unpaired) electrons. The predicted octanol–water partition coefficient (Wildman–Crippen LogP) is 0.603. The molecular formula is C11H21N5O. The van der Waals surface area contributed by atoms with Crippen LogP contribution in [0.15, 0.2) is 6.20 Å². The van der Waals surface area contributed by atoms with E-state index in [2.05, 4.69) is 22.6 Å². The molecule has 1 heterocycles. The molecule has 0 fully saturated rings. The fourth-order valence-corrected chi connectivity index (χ4v) is 1.58. The highest BCUT2D eigenvalue weighted by Gasteiger charge is 2.17. The lowest BCUT2D eigenvalue weighted by molar-refractivity contribution is -0.124. The first-order chi connectivity index (χ1) is 8.08. The van der Waals surface area contributed by atoms with E-state index in [9.17, 15) is 4.79 Å². The minimum atomic E-state index is -0.359. The average molecular weight is 239 g/mol. The minimum Gasteiger partial charge on any atom is -0.352 e. The molecular weight excluding hydrogens is 218 g/mol. The van der Waals surface area contributed by atoms with Crippen molar-refractivity contribution in [2.24, 2.45) is 5.73 Å². The first-order valence-electron chi connectivity index (χ1n) is 5.99. The molecule has 1 aromatic rings. The molecule has 6 heteroatoms. The van der Waals surface area contributed by atoms with Crippen LogP contribution in [0.4, 0.5) is 0 Å². The monoisotopic (exact) mass is 239 g/mol. The molecule has 0 saturated carbocycles. The maximum absolute atomic E-state index is 11.9. The van der Waals surface area contributed by atoms with Crippen molar-refractivity contribution < 1.29 is 4.79 Å². The number of nitrogens with one attached hydrogen (secondary N) is 1. The molecule has 3 N–H and O–H groups in total. The zero-order chi connectivity index (χ0) is 12.8. The summed E-state index contributed by atoms with van der Waals surface area (Å²) in [6.07, 6.45) is 3.73. The van der Waals surface area contributed by atoms with Gasteiger partial charge in [0.05, 0.1) is 11.9 Å². The van der Waals surface area contributed by atoms with E-state index in [-0.39, 0.29) is 18.0 Å². The second-order valence-electron chi connectivity index (χ2n) is 4.27. The third kappa shape index (κ3) is 3.81. The van der Waals surface area contributed by atoms with Crippen LogP contribution in [-0.2, 0) is 11.3 Å². The number of rotatable bonds is 6. The number of aromatic nitrogens is 3. The number of hydrogen-bond acceptors (Lipinski definition) is 4. The second kappa shape index (κ2) is 6.34. The van der Waals surface area contributed by atoms with Crippen molar-refractivity contribution >= 4 is 5.91 Å². The first kappa shape index (κ1) is 13.6. The van der Waals surface area contributed by atoms with Crippen LogP contribution in [0.25, 0.3) is 0 Å². The fourth-order valence-electron chi connectivity index (χ4n) is 1.58. The van der Waals surface area contributed by atoms with Crippen LogP contribution in [0.5, 0.6) is 0 Å². The van der Waals surface area contributed by atoms with Crippen molar-refractivity contribution in [1.29, 1.82) is 0 Å². The molecule has 0 spiro atoms. The average Bonchev–Trinajstić information content (AvgIpc) is 2.76. The quantitative estimate of drug-likeness (QED) is 0.761. The number of amides is 1. The number of carbonyl (C=O) groups is 1. The van der Waals surface area contributed by atoms with Gasteiger partial charge in [0.1, 0.15) is 6.04 Å². The van der Waals surface area contributed by atoms with Crippen LogP contribution in [0.3, 0.4) is 0 Å². The molecule has 17 heavy (non-hydrogen) atoms. The zero-order valence-electron chi connectivity index (χ0n) is 10.7. The molecule has 96 valence electrons. The summed E-state index contributed by atoms with van der Waals surface area (Å²) < 4.78 is 1.54. The molecule has 1 rings (SSSR count). The van der Waals surface area contributed by atoms with Gasteiger partial charge in [-0.25, -0.2) is 4.68 Å². The lowest BCUT2D eigenvalue weighted by Gasteiger charge is -2.16. The molecule has 6 nitrogen and oxygen atoms in total. The van der Waals surface area contributed by atoms with Gasteiger partial charge in [0.2, 0.25) is 5.91 Å². The molecule has 2 unspecified atom stereocenters. The molecule has 0 aliphatic carbocycles. The first-order valence-corrected chi connectivity index (χ1v) is 5.99. The van der Waals surface area contributed by atoms with E-state index in [4.69, 9.17) is 5.73 Å². The Hall–Kier alpha value is -1.43. The van der Waals surface area contributed by atoms with E-state index < -0.39 is 0 Å². The highest BCUT2D eigenvalue weighted by Crippen LogP contribution is 2.06. The Balaban J connectivity index is 2.56. The van der Waals surface area contributed by atoms with E-state index in [1.165, 1.54) is 4.68 Å². The van der Waals surface area contributed by atoms with E-state index in [1.54, 1.807) is 13.1 Å². The van der Waals surface area contributed by atoms with E-state index in [0.29, 0.717) is 12.2 Å². The lowest BCUT2D eigenvalue weighted by Crippen LogP contribution is -2.37. The summed E-state index contributed by atoms with van der Waals surface area (Å²) in [6.45, 7) is 6.22. The topological polar surface area (TPSA) is 85.8 Å². The van der Waals surface area contributed by atoms with Gasteiger partial charge in [0.25, 0.3) is 0 Å². The van der Waals surface area contributed by atoms with Gasteiger partial charge < -0.3 is 11.1 Å². The van der Waals surface area contributed by atoms with Crippen LogP contribution in [0.1, 0.15) is 45.3 Å². The lowest BCUT2D eigenvalue weighted by atomic mass is 10.2.